The fraction of sp³-hybridized carbons (Fsp3) is 0.562. The molecule has 0 saturated carbocycles. The summed E-state index contributed by atoms with van der Waals surface area (Å²) in [6, 6.07) is 6.46. The van der Waals surface area contributed by atoms with Crippen molar-refractivity contribution < 1.29 is 19.0 Å². The van der Waals surface area contributed by atoms with Crippen molar-refractivity contribution in [2.75, 3.05) is 26.8 Å². The third-order valence-electron chi connectivity index (χ3n) is 3.98. The molecule has 1 N–H and O–H groups in total. The van der Waals surface area contributed by atoms with E-state index in [1.807, 2.05) is 6.07 Å². The minimum absolute atomic E-state index is 0.0140. The standard InChI is InChI=1S/C16H22FNO3/c1-21-8-6-16(20)18-7-5-13(15(19)11-18)9-12-3-2-4-14(17)10-12/h2-4,10,13,15,19H,5-9,11H2,1H3/t13-,15-/m1/s1. The Bertz CT molecular complexity index is 480. The van der Waals surface area contributed by atoms with E-state index in [9.17, 15) is 14.3 Å². The molecule has 1 heterocycles. The molecule has 21 heavy (non-hydrogen) atoms. The Kier molecular flexibility index (Phi) is 5.70. The first-order valence-corrected chi connectivity index (χ1v) is 7.29. The monoisotopic (exact) mass is 295 g/mol. The van der Waals surface area contributed by atoms with Crippen molar-refractivity contribution in [1.29, 1.82) is 0 Å². The van der Waals surface area contributed by atoms with Crippen molar-refractivity contribution in [1.82, 2.24) is 4.90 Å². The van der Waals surface area contributed by atoms with Crippen LogP contribution in [0.2, 0.25) is 0 Å². The van der Waals surface area contributed by atoms with Crippen LogP contribution in [0.3, 0.4) is 0 Å². The van der Waals surface area contributed by atoms with Crippen LogP contribution < -0.4 is 0 Å². The van der Waals surface area contributed by atoms with E-state index in [2.05, 4.69) is 0 Å². The number of carbonyl (C=O) groups excluding carboxylic acids is 1. The summed E-state index contributed by atoms with van der Waals surface area (Å²) in [6.07, 6.45) is 1.15. The molecule has 0 bridgehead atoms. The van der Waals surface area contributed by atoms with Gasteiger partial charge in [-0.05, 0) is 36.5 Å². The number of β-amino-alcohol motifs (C(OH)–C–C–N with tert-alkyl or cyclic N) is 1. The molecule has 1 aromatic rings. The van der Waals surface area contributed by atoms with Gasteiger partial charge in [-0.25, -0.2) is 4.39 Å². The SMILES string of the molecule is COCCC(=O)N1CC[C@H](Cc2cccc(F)c2)[C@H](O)C1. The fourth-order valence-corrected chi connectivity index (χ4v) is 2.76. The van der Waals surface area contributed by atoms with E-state index in [0.29, 0.717) is 32.5 Å². The van der Waals surface area contributed by atoms with Gasteiger partial charge in [0, 0.05) is 20.2 Å². The van der Waals surface area contributed by atoms with E-state index in [1.165, 1.54) is 12.1 Å². The Labute approximate surface area is 124 Å². The van der Waals surface area contributed by atoms with Gasteiger partial charge in [-0.2, -0.15) is 0 Å². The van der Waals surface area contributed by atoms with Crippen LogP contribution >= 0.6 is 0 Å². The summed E-state index contributed by atoms with van der Waals surface area (Å²) in [7, 11) is 1.56. The van der Waals surface area contributed by atoms with Gasteiger partial charge in [0.2, 0.25) is 5.91 Å². The molecule has 0 aromatic heterocycles. The lowest BCUT2D eigenvalue weighted by molar-refractivity contribution is -0.136. The lowest BCUT2D eigenvalue weighted by Crippen LogP contribution is -2.47. The van der Waals surface area contributed by atoms with Gasteiger partial charge in [-0.1, -0.05) is 12.1 Å². The molecule has 4 nitrogen and oxygen atoms in total. The second-order valence-corrected chi connectivity index (χ2v) is 5.53. The van der Waals surface area contributed by atoms with Gasteiger partial charge in [0.15, 0.2) is 0 Å². The molecule has 2 atom stereocenters. The topological polar surface area (TPSA) is 49.8 Å². The Morgan fingerprint density at radius 1 is 1.52 bits per heavy atom. The molecule has 0 aliphatic carbocycles. The number of piperidine rings is 1. The third-order valence-corrected chi connectivity index (χ3v) is 3.98. The Morgan fingerprint density at radius 3 is 3.00 bits per heavy atom. The van der Waals surface area contributed by atoms with Crippen molar-refractivity contribution in [3.8, 4) is 0 Å². The number of likely N-dealkylation sites (tertiary alicyclic amines) is 1. The normalized spacial score (nSPS) is 22.3. The Hall–Kier alpha value is -1.46. The number of aliphatic hydroxyl groups excluding tert-OH is 1. The number of methoxy groups -OCH3 is 1. The molecule has 1 aliphatic heterocycles. The van der Waals surface area contributed by atoms with E-state index in [-0.39, 0.29) is 17.6 Å². The van der Waals surface area contributed by atoms with Crippen LogP contribution in [0.25, 0.3) is 0 Å². The molecule has 1 aliphatic rings. The van der Waals surface area contributed by atoms with Gasteiger partial charge < -0.3 is 14.7 Å². The first-order chi connectivity index (χ1) is 10.1. The van der Waals surface area contributed by atoms with Gasteiger partial charge >= 0.3 is 0 Å². The number of hydrogen-bond acceptors (Lipinski definition) is 3. The Balaban J connectivity index is 1.87. The molecule has 2 rings (SSSR count). The summed E-state index contributed by atoms with van der Waals surface area (Å²) < 4.78 is 18.1. The fourth-order valence-electron chi connectivity index (χ4n) is 2.76. The zero-order chi connectivity index (χ0) is 15.2. The highest BCUT2D eigenvalue weighted by molar-refractivity contribution is 5.76. The molecule has 0 unspecified atom stereocenters. The number of aliphatic hydroxyl groups is 1. The molecule has 0 radical (unpaired) electrons. The smallest absolute Gasteiger partial charge is 0.224 e. The summed E-state index contributed by atoms with van der Waals surface area (Å²) in [5, 5.41) is 10.2. The lowest BCUT2D eigenvalue weighted by Gasteiger charge is -2.36. The highest BCUT2D eigenvalue weighted by Gasteiger charge is 2.29. The number of amides is 1. The zero-order valence-corrected chi connectivity index (χ0v) is 12.3. The minimum Gasteiger partial charge on any atom is -0.391 e. The number of hydrogen-bond donors (Lipinski definition) is 1. The molecule has 1 saturated heterocycles. The second-order valence-electron chi connectivity index (χ2n) is 5.53. The second kappa shape index (κ2) is 7.52. The van der Waals surface area contributed by atoms with E-state index >= 15 is 0 Å². The first kappa shape index (κ1) is 15.9. The van der Waals surface area contributed by atoms with Crippen LogP contribution in [-0.2, 0) is 16.0 Å². The van der Waals surface area contributed by atoms with Gasteiger partial charge in [0.05, 0.1) is 19.1 Å². The van der Waals surface area contributed by atoms with Crippen LogP contribution in [-0.4, -0.2) is 48.8 Å². The molecule has 1 aromatic carbocycles. The zero-order valence-electron chi connectivity index (χ0n) is 12.3. The average Bonchev–Trinajstić information content (AvgIpc) is 2.47. The van der Waals surface area contributed by atoms with E-state index in [1.54, 1.807) is 18.1 Å². The molecule has 5 heteroatoms. The molecule has 1 fully saturated rings. The number of halogens is 1. The summed E-state index contributed by atoms with van der Waals surface area (Å²) in [6.45, 7) is 1.39. The van der Waals surface area contributed by atoms with Crippen molar-refractivity contribution >= 4 is 5.91 Å². The van der Waals surface area contributed by atoms with Crippen LogP contribution in [0, 0.1) is 11.7 Å². The predicted molar refractivity (Wildman–Crippen MR) is 77.3 cm³/mol. The number of nitrogens with zero attached hydrogens (tertiary/aromatic N) is 1. The van der Waals surface area contributed by atoms with Crippen molar-refractivity contribution in [3.63, 3.8) is 0 Å². The van der Waals surface area contributed by atoms with Crippen LogP contribution in [0.5, 0.6) is 0 Å². The summed E-state index contributed by atoms with van der Waals surface area (Å²) in [5.74, 6) is -0.174. The lowest BCUT2D eigenvalue weighted by atomic mass is 9.87. The maximum atomic E-state index is 13.2. The average molecular weight is 295 g/mol. The number of rotatable bonds is 5. The highest BCUT2D eigenvalue weighted by Crippen LogP contribution is 2.23. The summed E-state index contributed by atoms with van der Waals surface area (Å²) in [4.78, 5) is 13.6. The summed E-state index contributed by atoms with van der Waals surface area (Å²) in [5.41, 5.74) is 0.887. The molecular formula is C16H22FNO3. The maximum absolute atomic E-state index is 13.2. The minimum atomic E-state index is -0.562. The molecular weight excluding hydrogens is 273 g/mol. The van der Waals surface area contributed by atoms with Crippen molar-refractivity contribution in [3.05, 3.63) is 35.6 Å². The largest absolute Gasteiger partial charge is 0.391 e. The van der Waals surface area contributed by atoms with Crippen LogP contribution in [0.15, 0.2) is 24.3 Å². The first-order valence-electron chi connectivity index (χ1n) is 7.29. The quantitative estimate of drug-likeness (QED) is 0.898. The van der Waals surface area contributed by atoms with Gasteiger partial charge in [-0.3, -0.25) is 4.79 Å². The van der Waals surface area contributed by atoms with Gasteiger partial charge in [0.25, 0.3) is 0 Å². The summed E-state index contributed by atoms with van der Waals surface area (Å²) >= 11 is 0. The number of ether oxygens (including phenoxy) is 1. The van der Waals surface area contributed by atoms with E-state index < -0.39 is 6.10 Å². The van der Waals surface area contributed by atoms with E-state index in [4.69, 9.17) is 4.74 Å². The van der Waals surface area contributed by atoms with Gasteiger partial charge in [-0.15, -0.1) is 0 Å². The maximum Gasteiger partial charge on any atom is 0.224 e. The molecule has 0 spiro atoms. The van der Waals surface area contributed by atoms with Crippen molar-refractivity contribution in [2.45, 2.75) is 25.4 Å². The predicted octanol–water partition coefficient (Wildman–Crippen LogP) is 1.61. The van der Waals surface area contributed by atoms with Crippen LogP contribution in [0.1, 0.15) is 18.4 Å². The third kappa shape index (κ3) is 4.51. The van der Waals surface area contributed by atoms with Gasteiger partial charge in [0.1, 0.15) is 5.82 Å². The van der Waals surface area contributed by atoms with Crippen molar-refractivity contribution in [2.24, 2.45) is 5.92 Å². The Morgan fingerprint density at radius 2 is 2.33 bits per heavy atom. The number of benzene rings is 1. The number of carbonyl (C=O) groups is 1. The molecule has 116 valence electrons. The molecule has 1 amide bonds. The highest BCUT2D eigenvalue weighted by atomic mass is 19.1. The van der Waals surface area contributed by atoms with E-state index in [0.717, 1.165) is 12.0 Å². The van der Waals surface area contributed by atoms with Crippen LogP contribution in [0.4, 0.5) is 4.39 Å².